The minimum atomic E-state index is -0.242. The molecule has 0 spiro atoms. The summed E-state index contributed by atoms with van der Waals surface area (Å²) in [6.45, 7) is 4.39. The number of carbonyl (C=O) groups is 1. The largest absolute Gasteiger partial charge is 0.463 e. The van der Waals surface area contributed by atoms with Crippen LogP contribution in [0.4, 0.5) is 0 Å². The highest BCUT2D eigenvalue weighted by atomic mass is 16.6. The number of hydrogen-bond acceptors (Lipinski definition) is 3. The van der Waals surface area contributed by atoms with E-state index in [4.69, 9.17) is 9.47 Å². The maximum absolute atomic E-state index is 10.7. The number of carbonyl (C=O) groups excluding carboxylic acids is 1. The zero-order chi connectivity index (χ0) is 10.4. The smallest absolute Gasteiger partial charge is 0.302 e. The van der Waals surface area contributed by atoms with Gasteiger partial charge >= 0.3 is 5.97 Å². The molecule has 1 aliphatic rings. The van der Waals surface area contributed by atoms with Gasteiger partial charge in [-0.1, -0.05) is 6.08 Å². The van der Waals surface area contributed by atoms with Crippen molar-refractivity contribution in [1.29, 1.82) is 0 Å². The van der Waals surface area contributed by atoms with E-state index in [1.54, 1.807) is 0 Å². The first kappa shape index (κ1) is 11.2. The van der Waals surface area contributed by atoms with Gasteiger partial charge in [0, 0.05) is 13.5 Å². The molecular formula is C11H18O3. The predicted octanol–water partition coefficient (Wildman–Crippen LogP) is 2.06. The van der Waals surface area contributed by atoms with Crippen LogP contribution in [0, 0.1) is 0 Å². The molecule has 3 heteroatoms. The van der Waals surface area contributed by atoms with Gasteiger partial charge in [0.2, 0.25) is 0 Å². The summed E-state index contributed by atoms with van der Waals surface area (Å²) in [7, 11) is 0. The Labute approximate surface area is 85.1 Å². The van der Waals surface area contributed by atoms with Crippen LogP contribution in [0.3, 0.4) is 0 Å². The molecule has 80 valence electrons. The zero-order valence-corrected chi connectivity index (χ0v) is 8.91. The monoisotopic (exact) mass is 198 g/mol. The SMILES string of the molecule is CCOC(COC(C)=O)C1=CCCC1. The molecule has 0 aliphatic heterocycles. The van der Waals surface area contributed by atoms with Gasteiger partial charge in [0.05, 0.1) is 0 Å². The summed E-state index contributed by atoms with van der Waals surface area (Å²) in [6.07, 6.45) is 5.57. The number of rotatable bonds is 5. The maximum Gasteiger partial charge on any atom is 0.302 e. The Morgan fingerprint density at radius 3 is 2.93 bits per heavy atom. The van der Waals surface area contributed by atoms with Crippen LogP contribution in [0.1, 0.15) is 33.1 Å². The molecule has 0 bridgehead atoms. The highest BCUT2D eigenvalue weighted by Crippen LogP contribution is 2.22. The normalized spacial score (nSPS) is 17.7. The lowest BCUT2D eigenvalue weighted by Crippen LogP contribution is -2.23. The molecule has 0 saturated heterocycles. The molecule has 1 unspecified atom stereocenters. The van der Waals surface area contributed by atoms with Crippen LogP contribution in [0.25, 0.3) is 0 Å². The fraction of sp³-hybridized carbons (Fsp3) is 0.727. The van der Waals surface area contributed by atoms with E-state index >= 15 is 0 Å². The fourth-order valence-electron chi connectivity index (χ4n) is 1.64. The van der Waals surface area contributed by atoms with Crippen LogP contribution < -0.4 is 0 Å². The number of ether oxygens (including phenoxy) is 2. The van der Waals surface area contributed by atoms with E-state index in [-0.39, 0.29) is 12.1 Å². The molecule has 14 heavy (non-hydrogen) atoms. The van der Waals surface area contributed by atoms with Gasteiger partial charge < -0.3 is 9.47 Å². The molecular weight excluding hydrogens is 180 g/mol. The van der Waals surface area contributed by atoms with Crippen molar-refractivity contribution >= 4 is 5.97 Å². The number of allylic oxidation sites excluding steroid dienone is 1. The van der Waals surface area contributed by atoms with E-state index < -0.39 is 0 Å². The maximum atomic E-state index is 10.7. The van der Waals surface area contributed by atoms with Crippen molar-refractivity contribution in [1.82, 2.24) is 0 Å². The first-order valence-electron chi connectivity index (χ1n) is 5.18. The van der Waals surface area contributed by atoms with Crippen molar-refractivity contribution < 1.29 is 14.3 Å². The summed E-state index contributed by atoms with van der Waals surface area (Å²) in [6, 6.07) is 0. The van der Waals surface area contributed by atoms with Gasteiger partial charge in [-0.05, 0) is 31.8 Å². The van der Waals surface area contributed by atoms with E-state index in [0.717, 1.165) is 12.8 Å². The van der Waals surface area contributed by atoms with Crippen molar-refractivity contribution in [2.24, 2.45) is 0 Å². The van der Waals surface area contributed by atoms with Crippen LogP contribution in [0.2, 0.25) is 0 Å². The van der Waals surface area contributed by atoms with Gasteiger partial charge in [0.25, 0.3) is 0 Å². The quantitative estimate of drug-likeness (QED) is 0.501. The molecule has 0 aromatic carbocycles. The predicted molar refractivity (Wildman–Crippen MR) is 54.0 cm³/mol. The minimum absolute atomic E-state index is 0.0219. The van der Waals surface area contributed by atoms with E-state index in [1.165, 1.54) is 18.9 Å². The first-order chi connectivity index (χ1) is 6.74. The average molecular weight is 198 g/mol. The summed E-state index contributed by atoms with van der Waals surface area (Å²) in [5, 5.41) is 0. The summed E-state index contributed by atoms with van der Waals surface area (Å²) in [5.74, 6) is -0.242. The van der Waals surface area contributed by atoms with Crippen LogP contribution >= 0.6 is 0 Å². The second kappa shape index (κ2) is 5.81. The highest BCUT2D eigenvalue weighted by Gasteiger charge is 2.18. The molecule has 1 aliphatic carbocycles. The third-order valence-corrected chi connectivity index (χ3v) is 2.30. The molecule has 3 nitrogen and oxygen atoms in total. The van der Waals surface area contributed by atoms with Crippen molar-refractivity contribution in [3.63, 3.8) is 0 Å². The molecule has 0 radical (unpaired) electrons. The van der Waals surface area contributed by atoms with Crippen molar-refractivity contribution in [2.75, 3.05) is 13.2 Å². The minimum Gasteiger partial charge on any atom is -0.463 e. The van der Waals surface area contributed by atoms with Crippen molar-refractivity contribution in [2.45, 2.75) is 39.2 Å². The molecule has 0 fully saturated rings. The summed E-state index contributed by atoms with van der Waals surface area (Å²) in [5.41, 5.74) is 1.29. The Morgan fingerprint density at radius 1 is 1.64 bits per heavy atom. The van der Waals surface area contributed by atoms with Crippen LogP contribution in [-0.2, 0) is 14.3 Å². The fourth-order valence-corrected chi connectivity index (χ4v) is 1.64. The Morgan fingerprint density at radius 2 is 2.43 bits per heavy atom. The Hall–Kier alpha value is -0.830. The zero-order valence-electron chi connectivity index (χ0n) is 8.91. The lowest BCUT2D eigenvalue weighted by atomic mass is 10.1. The number of esters is 1. The molecule has 0 N–H and O–H groups in total. The van der Waals surface area contributed by atoms with Gasteiger partial charge in [0.1, 0.15) is 12.7 Å². The molecule has 0 aromatic heterocycles. The van der Waals surface area contributed by atoms with E-state index in [0.29, 0.717) is 13.2 Å². The van der Waals surface area contributed by atoms with Gasteiger partial charge in [0.15, 0.2) is 0 Å². The average Bonchev–Trinajstić information content (AvgIpc) is 2.64. The first-order valence-corrected chi connectivity index (χ1v) is 5.18. The van der Waals surface area contributed by atoms with Crippen molar-refractivity contribution in [3.05, 3.63) is 11.6 Å². The van der Waals surface area contributed by atoms with Gasteiger partial charge in [-0.25, -0.2) is 0 Å². The Balaban J connectivity index is 2.41. The Bertz CT molecular complexity index is 221. The number of hydrogen-bond donors (Lipinski definition) is 0. The van der Waals surface area contributed by atoms with Gasteiger partial charge in [-0.2, -0.15) is 0 Å². The highest BCUT2D eigenvalue weighted by molar-refractivity contribution is 5.65. The molecule has 1 rings (SSSR count). The molecule has 0 aromatic rings. The lowest BCUT2D eigenvalue weighted by molar-refractivity contribution is -0.144. The summed E-state index contributed by atoms with van der Waals surface area (Å²) >= 11 is 0. The van der Waals surface area contributed by atoms with E-state index in [2.05, 4.69) is 6.08 Å². The molecule has 1 atom stereocenters. The Kier molecular flexibility index (Phi) is 4.66. The van der Waals surface area contributed by atoms with Gasteiger partial charge in [-0.15, -0.1) is 0 Å². The van der Waals surface area contributed by atoms with Gasteiger partial charge in [-0.3, -0.25) is 4.79 Å². The standard InChI is InChI=1S/C11H18O3/c1-3-13-11(8-14-9(2)12)10-6-4-5-7-10/h6,11H,3-5,7-8H2,1-2H3. The van der Waals surface area contributed by atoms with E-state index in [1.807, 2.05) is 6.92 Å². The van der Waals surface area contributed by atoms with Crippen LogP contribution in [-0.4, -0.2) is 25.3 Å². The second-order valence-corrected chi connectivity index (χ2v) is 3.42. The topological polar surface area (TPSA) is 35.5 Å². The summed E-state index contributed by atoms with van der Waals surface area (Å²) < 4.78 is 10.5. The third kappa shape index (κ3) is 3.50. The van der Waals surface area contributed by atoms with Crippen LogP contribution in [0.5, 0.6) is 0 Å². The molecule has 0 saturated carbocycles. The lowest BCUT2D eigenvalue weighted by Gasteiger charge is -2.17. The van der Waals surface area contributed by atoms with Crippen molar-refractivity contribution in [3.8, 4) is 0 Å². The molecule has 0 amide bonds. The third-order valence-electron chi connectivity index (χ3n) is 2.30. The van der Waals surface area contributed by atoms with Crippen LogP contribution in [0.15, 0.2) is 11.6 Å². The van der Waals surface area contributed by atoms with E-state index in [9.17, 15) is 4.79 Å². The summed E-state index contributed by atoms with van der Waals surface area (Å²) in [4.78, 5) is 10.7. The molecule has 0 heterocycles. The second-order valence-electron chi connectivity index (χ2n) is 3.42.